The molecule has 1 aromatic rings. The number of carbonyl (C=O) groups excluding carboxylic acids is 2. The molecule has 0 spiro atoms. The van der Waals surface area contributed by atoms with Crippen molar-refractivity contribution in [1.82, 2.24) is 14.5 Å². The fourth-order valence-corrected chi connectivity index (χ4v) is 4.52. The summed E-state index contributed by atoms with van der Waals surface area (Å²) in [5, 5.41) is 0. The molecule has 0 bridgehead atoms. The quantitative estimate of drug-likeness (QED) is 0.765. The predicted octanol–water partition coefficient (Wildman–Crippen LogP) is 1.94. The summed E-state index contributed by atoms with van der Waals surface area (Å²) < 4.78 is 27.0. The van der Waals surface area contributed by atoms with E-state index < -0.39 is 10.0 Å². The van der Waals surface area contributed by atoms with Gasteiger partial charge in [0.25, 0.3) is 5.91 Å². The van der Waals surface area contributed by atoms with Gasteiger partial charge in [0, 0.05) is 13.1 Å². The van der Waals surface area contributed by atoms with Gasteiger partial charge in [-0.15, -0.1) is 0 Å². The number of benzene rings is 1. The van der Waals surface area contributed by atoms with Gasteiger partial charge < -0.3 is 4.90 Å². The van der Waals surface area contributed by atoms with Crippen molar-refractivity contribution in [2.75, 3.05) is 13.1 Å². The molecule has 3 rings (SSSR count). The second-order valence-electron chi connectivity index (χ2n) is 7.30. The third kappa shape index (κ3) is 3.76. The highest BCUT2D eigenvalue weighted by Crippen LogP contribution is 2.27. The molecule has 2 saturated heterocycles. The van der Waals surface area contributed by atoms with Gasteiger partial charge in [0.2, 0.25) is 10.0 Å². The summed E-state index contributed by atoms with van der Waals surface area (Å²) in [6.45, 7) is 5.04. The Labute approximate surface area is 154 Å². The maximum Gasteiger partial charge on any atom is 0.327 e. The molecule has 0 saturated carbocycles. The van der Waals surface area contributed by atoms with Gasteiger partial charge in [0.1, 0.15) is 6.04 Å². The molecule has 1 N–H and O–H groups in total. The Morgan fingerprint density at radius 2 is 1.85 bits per heavy atom. The first-order valence-corrected chi connectivity index (χ1v) is 10.5. The Hall–Kier alpha value is -1.93. The first kappa shape index (κ1) is 18.8. The number of nitrogens with one attached hydrogen (secondary N) is 1. The van der Waals surface area contributed by atoms with E-state index in [9.17, 15) is 18.0 Å². The molecule has 0 radical (unpaired) electrons. The summed E-state index contributed by atoms with van der Waals surface area (Å²) in [6.07, 6.45) is 2.61. The minimum absolute atomic E-state index is 0.148. The van der Waals surface area contributed by atoms with Gasteiger partial charge in [-0.25, -0.2) is 17.9 Å². The average Bonchev–Trinajstić information content (AvgIpc) is 2.86. The minimum atomic E-state index is -3.54. The standard InChI is InChI=1S/C18H25N3O4S/c1-13(2)11-19-26(24,25)15-8-6-14(7-9-15)12-21-17(22)16-5-3-4-10-20(16)18(21)23/h6-9,13,16,19H,3-5,10-12H2,1-2H3/t16-/m0/s1. The van der Waals surface area contributed by atoms with E-state index in [1.807, 2.05) is 13.8 Å². The van der Waals surface area contributed by atoms with Crippen LogP contribution < -0.4 is 4.72 Å². The number of nitrogens with zero attached hydrogens (tertiary/aromatic N) is 2. The monoisotopic (exact) mass is 379 g/mol. The molecule has 0 aromatic heterocycles. The zero-order valence-corrected chi connectivity index (χ0v) is 16.0. The van der Waals surface area contributed by atoms with Crippen LogP contribution >= 0.6 is 0 Å². The Morgan fingerprint density at radius 3 is 2.46 bits per heavy atom. The molecule has 0 aliphatic carbocycles. The van der Waals surface area contributed by atoms with Crippen LogP contribution in [0.15, 0.2) is 29.2 Å². The number of carbonyl (C=O) groups is 2. The molecule has 26 heavy (non-hydrogen) atoms. The zero-order chi connectivity index (χ0) is 18.9. The molecule has 2 heterocycles. The largest absolute Gasteiger partial charge is 0.327 e. The normalized spacial score (nSPS) is 20.8. The Kier molecular flexibility index (Phi) is 5.34. The van der Waals surface area contributed by atoms with Crippen LogP contribution in [0.3, 0.4) is 0 Å². The zero-order valence-electron chi connectivity index (χ0n) is 15.1. The molecule has 2 fully saturated rings. The third-order valence-corrected chi connectivity index (χ3v) is 6.23. The molecule has 3 amide bonds. The fourth-order valence-electron chi connectivity index (χ4n) is 3.31. The molecule has 142 valence electrons. The Balaban J connectivity index is 1.70. The van der Waals surface area contributed by atoms with E-state index >= 15 is 0 Å². The second-order valence-corrected chi connectivity index (χ2v) is 9.07. The number of hydrogen-bond donors (Lipinski definition) is 1. The van der Waals surface area contributed by atoms with Gasteiger partial charge in [-0.3, -0.25) is 9.69 Å². The van der Waals surface area contributed by atoms with Gasteiger partial charge in [0.15, 0.2) is 0 Å². The maximum atomic E-state index is 12.5. The number of fused-ring (bicyclic) bond motifs is 1. The molecule has 2 aliphatic heterocycles. The van der Waals surface area contributed by atoms with Crippen LogP contribution in [0.5, 0.6) is 0 Å². The first-order valence-electron chi connectivity index (χ1n) is 9.00. The highest BCUT2D eigenvalue weighted by atomic mass is 32.2. The molecule has 0 unspecified atom stereocenters. The smallest absolute Gasteiger partial charge is 0.312 e. The highest BCUT2D eigenvalue weighted by Gasteiger charge is 2.45. The van der Waals surface area contributed by atoms with Gasteiger partial charge in [0.05, 0.1) is 11.4 Å². The molecule has 7 nitrogen and oxygen atoms in total. The van der Waals surface area contributed by atoms with Crippen LogP contribution in [-0.4, -0.2) is 49.3 Å². The summed E-state index contributed by atoms with van der Waals surface area (Å²) in [7, 11) is -3.54. The molecular formula is C18H25N3O4S. The lowest BCUT2D eigenvalue weighted by atomic mass is 10.0. The highest BCUT2D eigenvalue weighted by molar-refractivity contribution is 7.89. The number of urea groups is 1. The summed E-state index contributed by atoms with van der Waals surface area (Å²) in [5.74, 6) is 0.0692. The van der Waals surface area contributed by atoms with Gasteiger partial charge in [-0.05, 0) is 42.9 Å². The SMILES string of the molecule is CC(C)CNS(=O)(=O)c1ccc(CN2C(=O)[C@@H]3CCCCN3C2=O)cc1. The predicted molar refractivity (Wildman–Crippen MR) is 96.8 cm³/mol. The average molecular weight is 379 g/mol. The van der Waals surface area contributed by atoms with Crippen LogP contribution in [0.4, 0.5) is 4.79 Å². The van der Waals surface area contributed by atoms with Crippen molar-refractivity contribution < 1.29 is 18.0 Å². The summed E-state index contributed by atoms with van der Waals surface area (Å²) in [4.78, 5) is 28.0. The van der Waals surface area contributed by atoms with Crippen LogP contribution in [0.2, 0.25) is 0 Å². The van der Waals surface area contributed by atoms with Gasteiger partial charge >= 0.3 is 6.03 Å². The van der Waals surface area contributed by atoms with Crippen molar-refractivity contribution in [3.63, 3.8) is 0 Å². The Morgan fingerprint density at radius 1 is 1.15 bits per heavy atom. The minimum Gasteiger partial charge on any atom is -0.312 e. The van der Waals surface area contributed by atoms with Crippen molar-refractivity contribution in [1.29, 1.82) is 0 Å². The van der Waals surface area contributed by atoms with E-state index in [1.54, 1.807) is 17.0 Å². The van der Waals surface area contributed by atoms with E-state index in [1.165, 1.54) is 17.0 Å². The topological polar surface area (TPSA) is 86.8 Å². The van der Waals surface area contributed by atoms with Crippen LogP contribution in [0.1, 0.15) is 38.7 Å². The second kappa shape index (κ2) is 7.36. The van der Waals surface area contributed by atoms with Crippen molar-refractivity contribution in [2.24, 2.45) is 5.92 Å². The summed E-state index contributed by atoms with van der Waals surface area (Å²) in [6, 6.07) is 5.77. The van der Waals surface area contributed by atoms with Gasteiger partial charge in [-0.1, -0.05) is 26.0 Å². The first-order chi connectivity index (χ1) is 12.3. The Bertz CT molecular complexity index is 765. The van der Waals surface area contributed by atoms with Gasteiger partial charge in [-0.2, -0.15) is 0 Å². The van der Waals surface area contributed by atoms with Crippen LogP contribution in [0.25, 0.3) is 0 Å². The van der Waals surface area contributed by atoms with Crippen LogP contribution in [-0.2, 0) is 21.4 Å². The van der Waals surface area contributed by atoms with Crippen LogP contribution in [0, 0.1) is 5.92 Å². The maximum absolute atomic E-state index is 12.5. The molecule has 1 atom stereocenters. The summed E-state index contributed by atoms with van der Waals surface area (Å²) >= 11 is 0. The van der Waals surface area contributed by atoms with Crippen molar-refractivity contribution in [2.45, 2.75) is 50.6 Å². The van der Waals surface area contributed by atoms with Crippen molar-refractivity contribution >= 4 is 22.0 Å². The van der Waals surface area contributed by atoms with E-state index in [4.69, 9.17) is 0 Å². The van der Waals surface area contributed by atoms with Crippen molar-refractivity contribution in [3.05, 3.63) is 29.8 Å². The van der Waals surface area contributed by atoms with E-state index in [2.05, 4.69) is 4.72 Å². The number of sulfonamides is 1. The number of amides is 3. The number of rotatable bonds is 6. The number of hydrogen-bond acceptors (Lipinski definition) is 4. The number of imide groups is 1. The molecular weight excluding hydrogens is 354 g/mol. The fraction of sp³-hybridized carbons (Fsp3) is 0.556. The number of piperidine rings is 1. The third-order valence-electron chi connectivity index (χ3n) is 4.79. The van der Waals surface area contributed by atoms with Crippen molar-refractivity contribution in [3.8, 4) is 0 Å². The van der Waals surface area contributed by atoms with E-state index in [0.29, 0.717) is 13.1 Å². The molecule has 2 aliphatic rings. The molecule has 8 heteroatoms. The van der Waals surface area contributed by atoms with E-state index in [0.717, 1.165) is 24.8 Å². The van der Waals surface area contributed by atoms with E-state index in [-0.39, 0.29) is 35.3 Å². The summed E-state index contributed by atoms with van der Waals surface area (Å²) in [5.41, 5.74) is 0.731. The lowest BCUT2D eigenvalue weighted by Gasteiger charge is -2.26. The lowest BCUT2D eigenvalue weighted by Crippen LogP contribution is -2.38. The lowest BCUT2D eigenvalue weighted by molar-refractivity contribution is -0.129. The molecule has 1 aromatic carbocycles.